The lowest BCUT2D eigenvalue weighted by Gasteiger charge is -2.03. The molecule has 3 heteroatoms. The number of methoxy groups -OCH3 is 1. The summed E-state index contributed by atoms with van der Waals surface area (Å²) >= 11 is 1.81. The highest BCUT2D eigenvalue weighted by atomic mass is 32.2. The Balaban J connectivity index is 2.13. The van der Waals surface area contributed by atoms with Gasteiger partial charge in [0.1, 0.15) is 11.5 Å². The molecule has 1 unspecified atom stereocenters. The van der Waals surface area contributed by atoms with Gasteiger partial charge < -0.3 is 4.74 Å². The molecule has 2 rings (SSSR count). The lowest BCUT2D eigenvalue weighted by Crippen LogP contribution is -2.06. The van der Waals surface area contributed by atoms with Gasteiger partial charge in [-0.2, -0.15) is 0 Å². The number of Topliss-reactive ketones (excluding diaryl/α,β-unsaturated/α-hetero) is 1. The summed E-state index contributed by atoms with van der Waals surface area (Å²) in [4.78, 5) is 12.3. The van der Waals surface area contributed by atoms with Crippen LogP contribution in [0.4, 0.5) is 0 Å². The van der Waals surface area contributed by atoms with Gasteiger partial charge in [0.15, 0.2) is 0 Å². The van der Waals surface area contributed by atoms with Crippen molar-refractivity contribution < 1.29 is 9.53 Å². The second-order valence-corrected chi connectivity index (χ2v) is 5.17. The molecular formula is C12H14O2S. The second kappa shape index (κ2) is 4.27. The van der Waals surface area contributed by atoms with Gasteiger partial charge in [0.25, 0.3) is 0 Å². The highest BCUT2D eigenvalue weighted by Gasteiger charge is 2.23. The Morgan fingerprint density at radius 2 is 2.40 bits per heavy atom. The fraction of sp³-hybridized carbons (Fsp3) is 0.417. The molecule has 1 atom stereocenters. The second-order valence-electron chi connectivity index (χ2n) is 3.82. The average molecular weight is 222 g/mol. The fourth-order valence-corrected chi connectivity index (χ4v) is 3.24. The van der Waals surface area contributed by atoms with Gasteiger partial charge in [-0.1, -0.05) is 0 Å². The van der Waals surface area contributed by atoms with E-state index in [0.717, 1.165) is 12.2 Å². The minimum atomic E-state index is 0.271. The van der Waals surface area contributed by atoms with Crippen molar-refractivity contribution in [2.45, 2.75) is 29.9 Å². The summed E-state index contributed by atoms with van der Waals surface area (Å²) in [6, 6.07) is 6.13. The van der Waals surface area contributed by atoms with E-state index in [1.807, 2.05) is 17.8 Å². The number of carbonyl (C=O) groups is 1. The first-order valence-electron chi connectivity index (χ1n) is 5.02. The van der Waals surface area contributed by atoms with E-state index in [9.17, 15) is 4.79 Å². The molecule has 2 nitrogen and oxygen atoms in total. The molecule has 1 aliphatic heterocycles. The Bertz CT molecular complexity index is 387. The number of hydrogen-bond donors (Lipinski definition) is 0. The minimum Gasteiger partial charge on any atom is -0.497 e. The number of ketones is 1. The Morgan fingerprint density at radius 1 is 1.60 bits per heavy atom. The highest BCUT2D eigenvalue weighted by Crippen LogP contribution is 2.40. The number of fused-ring (bicyclic) bond motifs is 1. The Kier molecular flexibility index (Phi) is 3.00. The van der Waals surface area contributed by atoms with Crippen molar-refractivity contribution >= 4 is 17.5 Å². The molecule has 1 aromatic carbocycles. The summed E-state index contributed by atoms with van der Waals surface area (Å²) in [5, 5.41) is 0.421. The smallest absolute Gasteiger partial charge is 0.130 e. The van der Waals surface area contributed by atoms with Gasteiger partial charge in [-0.3, -0.25) is 4.79 Å². The number of carbonyl (C=O) groups excluding carboxylic acids is 1. The van der Waals surface area contributed by atoms with Crippen LogP contribution in [0.5, 0.6) is 5.75 Å². The number of ether oxygens (including phenoxy) is 1. The van der Waals surface area contributed by atoms with Crippen LogP contribution in [0.3, 0.4) is 0 Å². The number of benzene rings is 1. The third-order valence-electron chi connectivity index (χ3n) is 2.52. The van der Waals surface area contributed by atoms with E-state index >= 15 is 0 Å². The van der Waals surface area contributed by atoms with Crippen LogP contribution in [-0.2, 0) is 11.2 Å². The summed E-state index contributed by atoms with van der Waals surface area (Å²) in [5.41, 5.74) is 1.31. The Morgan fingerprint density at radius 3 is 3.07 bits per heavy atom. The van der Waals surface area contributed by atoms with Gasteiger partial charge in [0.2, 0.25) is 0 Å². The van der Waals surface area contributed by atoms with Crippen LogP contribution in [-0.4, -0.2) is 18.1 Å². The van der Waals surface area contributed by atoms with Crippen molar-refractivity contribution in [1.29, 1.82) is 0 Å². The third-order valence-corrected chi connectivity index (χ3v) is 3.84. The molecule has 0 radical (unpaired) electrons. The van der Waals surface area contributed by atoms with Gasteiger partial charge in [-0.15, -0.1) is 11.8 Å². The zero-order valence-electron chi connectivity index (χ0n) is 8.95. The standard InChI is InChI=1S/C12H14O2S/c1-8(13)5-11-7-9-6-10(14-2)3-4-12(9)15-11/h3-4,6,11H,5,7H2,1-2H3. The minimum absolute atomic E-state index is 0.271. The normalized spacial score (nSPS) is 18.7. The van der Waals surface area contributed by atoms with Gasteiger partial charge in [0, 0.05) is 16.6 Å². The number of thioether (sulfide) groups is 1. The van der Waals surface area contributed by atoms with Crippen LogP contribution in [0.1, 0.15) is 18.9 Å². The van der Waals surface area contributed by atoms with Crippen LogP contribution in [0.2, 0.25) is 0 Å². The Labute approximate surface area is 94.0 Å². The predicted octanol–water partition coefficient (Wildman–Crippen LogP) is 2.69. The van der Waals surface area contributed by atoms with E-state index in [1.54, 1.807) is 14.0 Å². The lowest BCUT2D eigenvalue weighted by atomic mass is 10.1. The van der Waals surface area contributed by atoms with Gasteiger partial charge >= 0.3 is 0 Å². The van der Waals surface area contributed by atoms with Crippen molar-refractivity contribution in [2.24, 2.45) is 0 Å². The summed E-state index contributed by atoms with van der Waals surface area (Å²) < 4.78 is 5.18. The van der Waals surface area contributed by atoms with Gasteiger partial charge in [-0.25, -0.2) is 0 Å². The molecule has 0 saturated heterocycles. The van der Waals surface area contributed by atoms with Gasteiger partial charge in [-0.05, 0) is 37.1 Å². The number of rotatable bonds is 3. The van der Waals surface area contributed by atoms with Crippen LogP contribution >= 0.6 is 11.8 Å². The molecule has 1 aromatic rings. The van der Waals surface area contributed by atoms with Crippen molar-refractivity contribution in [3.05, 3.63) is 23.8 Å². The van der Waals surface area contributed by atoms with Crippen LogP contribution in [0.15, 0.2) is 23.1 Å². The molecule has 0 fully saturated rings. The molecule has 1 heterocycles. The maximum absolute atomic E-state index is 11.0. The predicted molar refractivity (Wildman–Crippen MR) is 61.6 cm³/mol. The van der Waals surface area contributed by atoms with E-state index in [0.29, 0.717) is 11.7 Å². The van der Waals surface area contributed by atoms with Crippen LogP contribution in [0, 0.1) is 0 Å². The number of hydrogen-bond acceptors (Lipinski definition) is 3. The van der Waals surface area contributed by atoms with Gasteiger partial charge in [0.05, 0.1) is 7.11 Å². The van der Waals surface area contributed by atoms with Crippen molar-refractivity contribution in [3.8, 4) is 5.75 Å². The first-order valence-corrected chi connectivity index (χ1v) is 5.90. The van der Waals surface area contributed by atoms with Crippen molar-refractivity contribution in [1.82, 2.24) is 0 Å². The van der Waals surface area contributed by atoms with E-state index in [2.05, 4.69) is 12.1 Å². The molecule has 0 saturated carbocycles. The van der Waals surface area contributed by atoms with Crippen molar-refractivity contribution in [3.63, 3.8) is 0 Å². The lowest BCUT2D eigenvalue weighted by molar-refractivity contribution is -0.116. The SMILES string of the molecule is COc1ccc2c(c1)CC(CC(C)=O)S2. The zero-order valence-corrected chi connectivity index (χ0v) is 9.76. The first-order chi connectivity index (χ1) is 7.19. The summed E-state index contributed by atoms with van der Waals surface area (Å²) in [7, 11) is 1.68. The maximum atomic E-state index is 11.0. The highest BCUT2D eigenvalue weighted by molar-refractivity contribution is 8.00. The molecule has 1 aliphatic rings. The molecule has 15 heavy (non-hydrogen) atoms. The topological polar surface area (TPSA) is 26.3 Å². The largest absolute Gasteiger partial charge is 0.497 e. The molecule has 0 aliphatic carbocycles. The van der Waals surface area contributed by atoms with E-state index in [-0.39, 0.29) is 5.78 Å². The fourth-order valence-electron chi connectivity index (χ4n) is 1.86. The zero-order chi connectivity index (χ0) is 10.8. The monoisotopic (exact) mass is 222 g/mol. The molecule has 0 aromatic heterocycles. The summed E-state index contributed by atoms with van der Waals surface area (Å²) in [6.45, 7) is 1.66. The molecule has 0 N–H and O–H groups in total. The van der Waals surface area contributed by atoms with E-state index < -0.39 is 0 Å². The summed E-state index contributed by atoms with van der Waals surface area (Å²) in [5.74, 6) is 1.17. The molecular weight excluding hydrogens is 208 g/mol. The first kappa shape index (κ1) is 10.6. The molecule has 0 amide bonds. The van der Waals surface area contributed by atoms with Crippen LogP contribution < -0.4 is 4.74 Å². The van der Waals surface area contributed by atoms with E-state index in [4.69, 9.17) is 4.74 Å². The average Bonchev–Trinajstić information content (AvgIpc) is 2.57. The maximum Gasteiger partial charge on any atom is 0.130 e. The molecule has 0 spiro atoms. The molecule has 80 valence electrons. The van der Waals surface area contributed by atoms with Crippen LogP contribution in [0.25, 0.3) is 0 Å². The molecule has 0 bridgehead atoms. The summed E-state index contributed by atoms with van der Waals surface area (Å²) in [6.07, 6.45) is 1.65. The third kappa shape index (κ3) is 2.34. The van der Waals surface area contributed by atoms with E-state index in [1.165, 1.54) is 10.5 Å². The van der Waals surface area contributed by atoms with Crippen molar-refractivity contribution in [2.75, 3.05) is 7.11 Å². The Hall–Kier alpha value is -0.960. The quantitative estimate of drug-likeness (QED) is 0.786.